The highest BCUT2D eigenvalue weighted by molar-refractivity contribution is 7.99. The first-order chi connectivity index (χ1) is 11.3. The van der Waals surface area contributed by atoms with E-state index in [0.717, 1.165) is 48.9 Å². The summed E-state index contributed by atoms with van der Waals surface area (Å²) in [5.74, 6) is 2.94. The van der Waals surface area contributed by atoms with Crippen LogP contribution in [0, 0.1) is 0 Å². The minimum absolute atomic E-state index is 0. The molecule has 5 nitrogen and oxygen atoms in total. The number of halogens is 1. The molecule has 2 fully saturated rings. The molecule has 0 bridgehead atoms. The Kier molecular flexibility index (Phi) is 8.18. The predicted molar refractivity (Wildman–Crippen MR) is 101 cm³/mol. The van der Waals surface area contributed by atoms with Crippen LogP contribution in [-0.2, 0) is 9.53 Å². The van der Waals surface area contributed by atoms with Crippen LogP contribution in [-0.4, -0.2) is 49.3 Å². The average molecular weight is 373 g/mol. The summed E-state index contributed by atoms with van der Waals surface area (Å²) in [5, 5.41) is 6.34. The Morgan fingerprint density at radius 3 is 3.12 bits per heavy atom. The SMILES string of the molecule is Cl.O=C(CC1CSCCN1)Nc1cccc(OCC2CCCO2)c1. The second-order valence-corrected chi connectivity index (χ2v) is 7.10. The third-order valence-corrected chi connectivity index (χ3v) is 5.14. The molecule has 2 N–H and O–H groups in total. The number of hydrogen-bond acceptors (Lipinski definition) is 5. The van der Waals surface area contributed by atoms with E-state index in [0.29, 0.717) is 13.0 Å². The zero-order valence-corrected chi connectivity index (χ0v) is 15.3. The maximum Gasteiger partial charge on any atom is 0.225 e. The van der Waals surface area contributed by atoms with Crippen molar-refractivity contribution in [3.05, 3.63) is 24.3 Å². The summed E-state index contributed by atoms with van der Waals surface area (Å²) in [6.07, 6.45) is 2.87. The number of nitrogens with one attached hydrogen (secondary N) is 2. The summed E-state index contributed by atoms with van der Waals surface area (Å²) < 4.78 is 11.3. The van der Waals surface area contributed by atoms with E-state index < -0.39 is 0 Å². The number of amides is 1. The van der Waals surface area contributed by atoms with Crippen molar-refractivity contribution in [3.8, 4) is 5.75 Å². The molecule has 2 atom stereocenters. The fraction of sp³-hybridized carbons (Fsp3) is 0.588. The third kappa shape index (κ3) is 6.16. The van der Waals surface area contributed by atoms with E-state index in [1.54, 1.807) is 0 Å². The lowest BCUT2D eigenvalue weighted by Gasteiger charge is -2.22. The van der Waals surface area contributed by atoms with Gasteiger partial charge < -0.3 is 20.1 Å². The van der Waals surface area contributed by atoms with Gasteiger partial charge in [0, 0.05) is 48.9 Å². The monoisotopic (exact) mass is 372 g/mol. The van der Waals surface area contributed by atoms with Crippen molar-refractivity contribution in [3.63, 3.8) is 0 Å². The van der Waals surface area contributed by atoms with Gasteiger partial charge in [-0.2, -0.15) is 11.8 Å². The lowest BCUT2D eigenvalue weighted by Crippen LogP contribution is -2.39. The highest BCUT2D eigenvalue weighted by atomic mass is 35.5. The summed E-state index contributed by atoms with van der Waals surface area (Å²) in [7, 11) is 0. The summed E-state index contributed by atoms with van der Waals surface area (Å²) in [4.78, 5) is 12.1. The zero-order valence-electron chi connectivity index (χ0n) is 13.7. The van der Waals surface area contributed by atoms with Crippen molar-refractivity contribution in [1.29, 1.82) is 0 Å². The molecule has 2 aliphatic heterocycles. The molecular weight excluding hydrogens is 348 g/mol. The van der Waals surface area contributed by atoms with Crippen molar-refractivity contribution in [2.75, 3.05) is 36.6 Å². The van der Waals surface area contributed by atoms with Crippen LogP contribution in [0.5, 0.6) is 5.75 Å². The Labute approximate surface area is 153 Å². The normalized spacial score (nSPS) is 23.3. The van der Waals surface area contributed by atoms with Crippen LogP contribution >= 0.6 is 24.2 Å². The molecule has 0 spiro atoms. The highest BCUT2D eigenvalue weighted by Gasteiger charge is 2.17. The smallest absolute Gasteiger partial charge is 0.225 e. The molecule has 2 aliphatic rings. The maximum absolute atomic E-state index is 12.1. The molecule has 1 aromatic rings. The van der Waals surface area contributed by atoms with Gasteiger partial charge in [0.1, 0.15) is 12.4 Å². The number of carbonyl (C=O) groups is 1. The van der Waals surface area contributed by atoms with Gasteiger partial charge in [-0.15, -0.1) is 12.4 Å². The number of hydrogen-bond donors (Lipinski definition) is 2. The van der Waals surface area contributed by atoms with Crippen molar-refractivity contribution in [2.45, 2.75) is 31.4 Å². The molecule has 24 heavy (non-hydrogen) atoms. The average Bonchev–Trinajstić information content (AvgIpc) is 3.07. The van der Waals surface area contributed by atoms with Crippen molar-refractivity contribution in [2.24, 2.45) is 0 Å². The second kappa shape index (κ2) is 10.1. The molecule has 2 heterocycles. The predicted octanol–water partition coefficient (Wildman–Crippen LogP) is 2.70. The second-order valence-electron chi connectivity index (χ2n) is 5.95. The molecule has 1 aromatic carbocycles. The van der Waals surface area contributed by atoms with E-state index in [9.17, 15) is 4.79 Å². The van der Waals surface area contributed by atoms with Gasteiger partial charge in [-0.1, -0.05) is 6.07 Å². The zero-order chi connectivity index (χ0) is 15.9. The largest absolute Gasteiger partial charge is 0.491 e. The van der Waals surface area contributed by atoms with E-state index in [-0.39, 0.29) is 30.5 Å². The van der Waals surface area contributed by atoms with E-state index in [1.165, 1.54) is 0 Å². The minimum atomic E-state index is 0. The van der Waals surface area contributed by atoms with E-state index in [2.05, 4.69) is 10.6 Å². The van der Waals surface area contributed by atoms with Gasteiger partial charge in [0.05, 0.1) is 6.10 Å². The van der Waals surface area contributed by atoms with Gasteiger partial charge >= 0.3 is 0 Å². The number of thioether (sulfide) groups is 1. The van der Waals surface area contributed by atoms with Crippen LogP contribution in [0.15, 0.2) is 24.3 Å². The van der Waals surface area contributed by atoms with Gasteiger partial charge in [-0.05, 0) is 25.0 Å². The molecule has 0 aromatic heterocycles. The number of ether oxygens (including phenoxy) is 2. The van der Waals surface area contributed by atoms with Gasteiger partial charge in [0.2, 0.25) is 5.91 Å². The van der Waals surface area contributed by atoms with Crippen LogP contribution in [0.1, 0.15) is 19.3 Å². The molecule has 0 aliphatic carbocycles. The fourth-order valence-electron chi connectivity index (χ4n) is 2.82. The lowest BCUT2D eigenvalue weighted by atomic mass is 10.2. The first-order valence-corrected chi connectivity index (χ1v) is 9.40. The van der Waals surface area contributed by atoms with Gasteiger partial charge in [-0.25, -0.2) is 0 Å². The molecule has 2 unspecified atom stereocenters. The quantitative estimate of drug-likeness (QED) is 0.804. The van der Waals surface area contributed by atoms with E-state index >= 15 is 0 Å². The molecule has 0 radical (unpaired) electrons. The highest BCUT2D eigenvalue weighted by Crippen LogP contribution is 2.20. The molecule has 1 amide bonds. The summed E-state index contributed by atoms with van der Waals surface area (Å²) >= 11 is 1.90. The first kappa shape index (κ1) is 19.4. The van der Waals surface area contributed by atoms with Crippen LogP contribution in [0.25, 0.3) is 0 Å². The van der Waals surface area contributed by atoms with Crippen LogP contribution in [0.3, 0.4) is 0 Å². The fourth-order valence-corrected chi connectivity index (χ4v) is 3.76. The Morgan fingerprint density at radius 1 is 1.46 bits per heavy atom. The Morgan fingerprint density at radius 2 is 2.38 bits per heavy atom. The van der Waals surface area contributed by atoms with E-state index in [4.69, 9.17) is 9.47 Å². The lowest BCUT2D eigenvalue weighted by molar-refractivity contribution is -0.116. The molecule has 2 saturated heterocycles. The van der Waals surface area contributed by atoms with Crippen molar-refractivity contribution in [1.82, 2.24) is 5.32 Å². The number of carbonyl (C=O) groups excluding carboxylic acids is 1. The summed E-state index contributed by atoms with van der Waals surface area (Å²) in [5.41, 5.74) is 0.781. The van der Waals surface area contributed by atoms with Gasteiger partial charge in [0.15, 0.2) is 0 Å². The van der Waals surface area contributed by atoms with Crippen LogP contribution < -0.4 is 15.4 Å². The number of rotatable bonds is 6. The Hall–Kier alpha value is -0.950. The topological polar surface area (TPSA) is 59.6 Å². The molecular formula is C17H25ClN2O3S. The molecule has 0 saturated carbocycles. The molecule has 134 valence electrons. The minimum Gasteiger partial charge on any atom is -0.491 e. The summed E-state index contributed by atoms with van der Waals surface area (Å²) in [6, 6.07) is 7.84. The van der Waals surface area contributed by atoms with Crippen LogP contribution in [0.2, 0.25) is 0 Å². The first-order valence-electron chi connectivity index (χ1n) is 8.25. The number of anilines is 1. The summed E-state index contributed by atoms with van der Waals surface area (Å²) in [6.45, 7) is 2.38. The van der Waals surface area contributed by atoms with Crippen molar-refractivity contribution < 1.29 is 14.3 Å². The van der Waals surface area contributed by atoms with Crippen LogP contribution in [0.4, 0.5) is 5.69 Å². The van der Waals surface area contributed by atoms with Gasteiger partial charge in [-0.3, -0.25) is 4.79 Å². The Balaban J connectivity index is 0.00000208. The standard InChI is InChI=1S/C17H24N2O3S.ClH/c20-17(10-14-12-23-8-6-18-14)19-13-3-1-4-15(9-13)22-11-16-5-2-7-21-16;/h1,3-4,9,14,16,18H,2,5-8,10-12H2,(H,19,20);1H. The van der Waals surface area contributed by atoms with E-state index in [1.807, 2.05) is 36.0 Å². The third-order valence-electron chi connectivity index (χ3n) is 4.01. The molecule has 7 heteroatoms. The molecule has 3 rings (SSSR count). The maximum atomic E-state index is 12.1. The number of benzene rings is 1. The van der Waals surface area contributed by atoms with Gasteiger partial charge in [0.25, 0.3) is 0 Å². The Bertz CT molecular complexity index is 520. The van der Waals surface area contributed by atoms with Crippen molar-refractivity contribution >= 4 is 35.8 Å².